The van der Waals surface area contributed by atoms with E-state index in [4.69, 9.17) is 5.73 Å². The number of rotatable bonds is 6. The molecule has 3 nitrogen and oxygen atoms in total. The van der Waals surface area contributed by atoms with Crippen molar-refractivity contribution in [2.24, 2.45) is 5.73 Å². The maximum absolute atomic E-state index is 11.6. The van der Waals surface area contributed by atoms with Gasteiger partial charge in [-0.05, 0) is 38.8 Å². The summed E-state index contributed by atoms with van der Waals surface area (Å²) in [5.41, 5.74) is 6.15. The molecule has 1 aromatic rings. The maximum atomic E-state index is 11.6. The predicted octanol–water partition coefficient (Wildman–Crippen LogP) is 2.08. The van der Waals surface area contributed by atoms with E-state index < -0.39 is 5.54 Å². The van der Waals surface area contributed by atoms with E-state index in [1.807, 2.05) is 6.92 Å². The van der Waals surface area contributed by atoms with E-state index in [1.165, 1.54) is 10.5 Å². The van der Waals surface area contributed by atoms with E-state index >= 15 is 0 Å². The third-order valence-electron chi connectivity index (χ3n) is 3.19. The molecule has 18 heavy (non-hydrogen) atoms. The molecule has 4 heteroatoms. The smallest absolute Gasteiger partial charge is 0.238 e. The van der Waals surface area contributed by atoms with E-state index in [-0.39, 0.29) is 5.91 Å². The van der Waals surface area contributed by atoms with Crippen LogP contribution in [-0.2, 0) is 4.79 Å². The summed E-state index contributed by atoms with van der Waals surface area (Å²) in [6.45, 7) is 3.96. The summed E-state index contributed by atoms with van der Waals surface area (Å²) in [6, 6.07) is 8.80. The summed E-state index contributed by atoms with van der Waals surface area (Å²) in [6.07, 6.45) is 2.30. The number of amides is 1. The molecular formula is C14H20N2OS. The number of hydrogen-bond donors (Lipinski definition) is 2. The average molecular weight is 264 g/mol. The highest BCUT2D eigenvalue weighted by molar-refractivity contribution is 7.99. The number of carbonyl (C=O) groups excluding carboxylic acids is 1. The first-order valence-electron chi connectivity index (χ1n) is 6.27. The Bertz CT molecular complexity index is 428. The van der Waals surface area contributed by atoms with E-state index in [0.717, 1.165) is 12.8 Å². The molecule has 0 saturated heterocycles. The van der Waals surface area contributed by atoms with Crippen molar-refractivity contribution in [3.63, 3.8) is 0 Å². The Kier molecular flexibility index (Phi) is 3.97. The zero-order chi connectivity index (χ0) is 13.2. The quantitative estimate of drug-likeness (QED) is 0.774. The molecule has 0 aromatic heterocycles. The Balaban J connectivity index is 1.96. The van der Waals surface area contributed by atoms with Crippen LogP contribution in [0.3, 0.4) is 0 Å². The van der Waals surface area contributed by atoms with E-state index in [0.29, 0.717) is 11.8 Å². The Morgan fingerprint density at radius 2 is 2.06 bits per heavy atom. The molecule has 98 valence electrons. The van der Waals surface area contributed by atoms with Crippen LogP contribution in [-0.4, -0.2) is 23.2 Å². The maximum Gasteiger partial charge on any atom is 0.238 e. The lowest BCUT2D eigenvalue weighted by atomic mass is 10.1. The molecule has 0 aliphatic heterocycles. The van der Waals surface area contributed by atoms with Gasteiger partial charge in [0.25, 0.3) is 0 Å². The minimum Gasteiger partial charge on any atom is -0.368 e. The molecule has 2 rings (SSSR count). The fourth-order valence-electron chi connectivity index (χ4n) is 1.72. The second-order valence-electron chi connectivity index (χ2n) is 5.22. The average Bonchev–Trinajstić information content (AvgIpc) is 3.12. The van der Waals surface area contributed by atoms with E-state index in [1.54, 1.807) is 11.8 Å². The lowest BCUT2D eigenvalue weighted by Gasteiger charge is -2.27. The summed E-state index contributed by atoms with van der Waals surface area (Å²) in [5, 5.41) is 3.35. The molecular weight excluding hydrogens is 244 g/mol. The predicted molar refractivity (Wildman–Crippen MR) is 75.7 cm³/mol. The number of hydrogen-bond acceptors (Lipinski definition) is 3. The van der Waals surface area contributed by atoms with Crippen LogP contribution < -0.4 is 11.1 Å². The minimum atomic E-state index is -0.614. The summed E-state index contributed by atoms with van der Waals surface area (Å²) in [4.78, 5) is 12.8. The lowest BCUT2D eigenvalue weighted by molar-refractivity contribution is -0.123. The Morgan fingerprint density at radius 3 is 2.56 bits per heavy atom. The first-order valence-corrected chi connectivity index (χ1v) is 7.25. The number of thioether (sulfide) groups is 1. The molecule has 0 spiro atoms. The van der Waals surface area contributed by atoms with Gasteiger partial charge >= 0.3 is 0 Å². The Morgan fingerprint density at radius 1 is 1.44 bits per heavy atom. The van der Waals surface area contributed by atoms with Crippen LogP contribution in [0.4, 0.5) is 0 Å². The van der Waals surface area contributed by atoms with Crippen LogP contribution in [0.1, 0.15) is 25.3 Å². The minimum absolute atomic E-state index is 0.269. The highest BCUT2D eigenvalue weighted by atomic mass is 32.2. The van der Waals surface area contributed by atoms with Crippen molar-refractivity contribution in [3.05, 3.63) is 29.8 Å². The van der Waals surface area contributed by atoms with Crippen LogP contribution in [0.5, 0.6) is 0 Å². The van der Waals surface area contributed by atoms with E-state index in [9.17, 15) is 4.79 Å². The molecule has 1 unspecified atom stereocenters. The molecule has 1 aliphatic carbocycles. The number of aryl methyl sites for hydroxylation is 1. The normalized spacial score (nSPS) is 18.3. The molecule has 1 saturated carbocycles. The van der Waals surface area contributed by atoms with Gasteiger partial charge in [-0.2, -0.15) is 0 Å². The first kappa shape index (κ1) is 13.4. The van der Waals surface area contributed by atoms with Gasteiger partial charge < -0.3 is 11.1 Å². The third kappa shape index (κ3) is 3.50. The molecule has 1 amide bonds. The SMILES string of the molecule is Cc1ccc(SCC(C)(NC2CC2)C(N)=O)cc1. The second kappa shape index (κ2) is 5.33. The highest BCUT2D eigenvalue weighted by Gasteiger charge is 2.36. The van der Waals surface area contributed by atoms with Crippen molar-refractivity contribution in [1.29, 1.82) is 0 Å². The fraction of sp³-hybridized carbons (Fsp3) is 0.500. The zero-order valence-corrected chi connectivity index (χ0v) is 11.7. The molecule has 1 aromatic carbocycles. The largest absolute Gasteiger partial charge is 0.368 e. The third-order valence-corrected chi connectivity index (χ3v) is 4.52. The topological polar surface area (TPSA) is 55.1 Å². The molecule has 1 aliphatic rings. The number of carbonyl (C=O) groups is 1. The molecule has 0 radical (unpaired) electrons. The van der Waals surface area contributed by atoms with Crippen LogP contribution in [0.25, 0.3) is 0 Å². The van der Waals surface area contributed by atoms with Gasteiger partial charge in [0, 0.05) is 16.7 Å². The van der Waals surface area contributed by atoms with Crippen molar-refractivity contribution in [2.75, 3.05) is 5.75 Å². The number of nitrogens with one attached hydrogen (secondary N) is 1. The number of primary amides is 1. The van der Waals surface area contributed by atoms with Crippen LogP contribution in [0.2, 0.25) is 0 Å². The summed E-state index contributed by atoms with van der Waals surface area (Å²) in [5.74, 6) is 0.399. The molecule has 1 atom stereocenters. The Hall–Kier alpha value is -1.00. The van der Waals surface area contributed by atoms with Crippen LogP contribution in [0, 0.1) is 6.92 Å². The van der Waals surface area contributed by atoms with Gasteiger partial charge in [0.1, 0.15) is 5.54 Å². The number of benzene rings is 1. The monoisotopic (exact) mass is 264 g/mol. The van der Waals surface area contributed by atoms with Gasteiger partial charge in [-0.3, -0.25) is 4.79 Å². The molecule has 1 fully saturated rings. The van der Waals surface area contributed by atoms with Crippen molar-refractivity contribution in [3.8, 4) is 0 Å². The standard InChI is InChI=1S/C14H20N2OS/c1-10-3-7-12(8-4-10)18-9-14(2,13(15)17)16-11-5-6-11/h3-4,7-8,11,16H,5-6,9H2,1-2H3,(H2,15,17). The zero-order valence-electron chi connectivity index (χ0n) is 10.9. The van der Waals surface area contributed by atoms with E-state index in [2.05, 4.69) is 36.5 Å². The van der Waals surface area contributed by atoms with Crippen LogP contribution in [0.15, 0.2) is 29.2 Å². The fourth-order valence-corrected chi connectivity index (χ4v) is 2.73. The van der Waals surface area contributed by atoms with Gasteiger partial charge in [0.05, 0.1) is 0 Å². The Labute approximate surface area is 113 Å². The summed E-state index contributed by atoms with van der Waals surface area (Å²) >= 11 is 1.67. The molecule has 0 heterocycles. The van der Waals surface area contributed by atoms with Crippen molar-refractivity contribution < 1.29 is 4.79 Å². The van der Waals surface area contributed by atoms with Crippen molar-refractivity contribution in [1.82, 2.24) is 5.32 Å². The van der Waals surface area contributed by atoms with Gasteiger partial charge in [-0.15, -0.1) is 11.8 Å². The first-order chi connectivity index (χ1) is 8.49. The van der Waals surface area contributed by atoms with Gasteiger partial charge in [0.2, 0.25) is 5.91 Å². The van der Waals surface area contributed by atoms with Crippen LogP contribution >= 0.6 is 11.8 Å². The molecule has 0 bridgehead atoms. The lowest BCUT2D eigenvalue weighted by Crippen LogP contribution is -2.55. The summed E-state index contributed by atoms with van der Waals surface area (Å²) in [7, 11) is 0. The number of nitrogens with two attached hydrogens (primary N) is 1. The molecule has 3 N–H and O–H groups in total. The van der Waals surface area contributed by atoms with Gasteiger partial charge in [-0.1, -0.05) is 17.7 Å². The summed E-state index contributed by atoms with van der Waals surface area (Å²) < 4.78 is 0. The van der Waals surface area contributed by atoms with Gasteiger partial charge in [0.15, 0.2) is 0 Å². The van der Waals surface area contributed by atoms with Crippen molar-refractivity contribution >= 4 is 17.7 Å². The second-order valence-corrected chi connectivity index (χ2v) is 6.27. The van der Waals surface area contributed by atoms with Crippen molar-refractivity contribution in [2.45, 2.75) is 43.2 Å². The highest BCUT2D eigenvalue weighted by Crippen LogP contribution is 2.27. The van der Waals surface area contributed by atoms with Gasteiger partial charge in [-0.25, -0.2) is 0 Å².